The lowest BCUT2D eigenvalue weighted by molar-refractivity contribution is -0.149. The number of nitrogens with zero attached hydrogens (tertiary/aromatic N) is 1. The molecule has 0 spiro atoms. The second kappa shape index (κ2) is 5.24. The molecule has 0 aromatic rings. The van der Waals surface area contributed by atoms with Crippen molar-refractivity contribution in [2.45, 2.75) is 25.8 Å². The molecule has 0 radical (unpaired) electrons. The molecule has 2 aliphatic rings. The van der Waals surface area contributed by atoms with Gasteiger partial charge in [-0.2, -0.15) is 0 Å². The van der Waals surface area contributed by atoms with Crippen LogP contribution in [0.4, 0.5) is 0 Å². The fourth-order valence-electron chi connectivity index (χ4n) is 2.19. The quantitative estimate of drug-likeness (QED) is 0.576. The van der Waals surface area contributed by atoms with Crippen LogP contribution >= 0.6 is 0 Å². The van der Waals surface area contributed by atoms with Crippen LogP contribution in [0, 0.1) is 0 Å². The number of allylic oxidation sites excluding steroid dienone is 3. The molecule has 2 fully saturated rings. The Labute approximate surface area is 115 Å². The number of amides is 4. The van der Waals surface area contributed by atoms with Gasteiger partial charge in [0.15, 0.2) is 0 Å². The molecule has 104 valence electrons. The third-order valence-corrected chi connectivity index (χ3v) is 3.23. The molecule has 0 bridgehead atoms. The van der Waals surface area contributed by atoms with Gasteiger partial charge in [-0.3, -0.25) is 29.4 Å². The third-order valence-electron chi connectivity index (χ3n) is 3.23. The Morgan fingerprint density at radius 1 is 1.25 bits per heavy atom. The Bertz CT molecular complexity index is 586. The van der Waals surface area contributed by atoms with Crippen molar-refractivity contribution in [3.05, 3.63) is 36.0 Å². The monoisotopic (exact) mass is 274 g/mol. The number of rotatable bonds is 2. The third kappa shape index (κ3) is 2.20. The first-order chi connectivity index (χ1) is 9.47. The van der Waals surface area contributed by atoms with Crippen molar-refractivity contribution in [1.82, 2.24) is 10.2 Å². The van der Waals surface area contributed by atoms with Crippen LogP contribution in [0.15, 0.2) is 36.0 Å². The predicted octanol–water partition coefficient (Wildman–Crippen LogP) is 0.219. The molecule has 2 heterocycles. The summed E-state index contributed by atoms with van der Waals surface area (Å²) < 4.78 is 0. The Morgan fingerprint density at radius 3 is 2.55 bits per heavy atom. The van der Waals surface area contributed by atoms with Crippen molar-refractivity contribution >= 4 is 23.6 Å². The minimum Gasteiger partial charge on any atom is -0.295 e. The Balaban J connectivity index is 2.31. The molecule has 2 rings (SSSR count). The van der Waals surface area contributed by atoms with Gasteiger partial charge in [0.05, 0.1) is 5.57 Å². The van der Waals surface area contributed by atoms with Crippen LogP contribution in [-0.4, -0.2) is 34.6 Å². The lowest BCUT2D eigenvalue weighted by atomic mass is 10.0. The van der Waals surface area contributed by atoms with Gasteiger partial charge in [0.1, 0.15) is 6.04 Å². The van der Waals surface area contributed by atoms with Gasteiger partial charge in [0, 0.05) is 12.0 Å². The highest BCUT2D eigenvalue weighted by Crippen LogP contribution is 2.28. The molecule has 0 aromatic heterocycles. The number of carbonyl (C=O) groups is 4. The topological polar surface area (TPSA) is 83.6 Å². The largest absolute Gasteiger partial charge is 0.295 e. The van der Waals surface area contributed by atoms with E-state index in [1.807, 2.05) is 0 Å². The molecule has 1 unspecified atom stereocenters. The minimum absolute atomic E-state index is 0.0674. The van der Waals surface area contributed by atoms with Crippen molar-refractivity contribution in [1.29, 1.82) is 0 Å². The average molecular weight is 274 g/mol. The summed E-state index contributed by atoms with van der Waals surface area (Å²) in [6, 6.07) is -0.944. The Morgan fingerprint density at radius 2 is 1.95 bits per heavy atom. The van der Waals surface area contributed by atoms with Crippen LogP contribution in [0.5, 0.6) is 0 Å². The van der Waals surface area contributed by atoms with E-state index >= 15 is 0 Å². The van der Waals surface area contributed by atoms with Crippen LogP contribution in [-0.2, 0) is 19.2 Å². The van der Waals surface area contributed by atoms with E-state index in [-0.39, 0.29) is 24.0 Å². The molecule has 1 N–H and O–H groups in total. The highest BCUT2D eigenvalue weighted by atomic mass is 16.2. The SMILES string of the molecule is C=C1C(=O)N(C2CCC(=O)NC2=O)C(=O)/C1=C/C=C\C. The van der Waals surface area contributed by atoms with Gasteiger partial charge in [-0.25, -0.2) is 0 Å². The number of imide groups is 2. The minimum atomic E-state index is -0.944. The van der Waals surface area contributed by atoms with Crippen LogP contribution in [0.3, 0.4) is 0 Å². The van der Waals surface area contributed by atoms with Gasteiger partial charge in [-0.15, -0.1) is 0 Å². The van der Waals surface area contributed by atoms with Crippen molar-refractivity contribution < 1.29 is 19.2 Å². The number of likely N-dealkylation sites (tertiary alicyclic amines) is 1. The molecule has 0 aliphatic carbocycles. The summed E-state index contributed by atoms with van der Waals surface area (Å²) in [7, 11) is 0. The summed E-state index contributed by atoms with van der Waals surface area (Å²) in [6.45, 7) is 5.37. The van der Waals surface area contributed by atoms with Crippen molar-refractivity contribution in [2.75, 3.05) is 0 Å². The Hall–Kier alpha value is -2.50. The zero-order chi connectivity index (χ0) is 14.9. The zero-order valence-corrected chi connectivity index (χ0v) is 11.0. The summed E-state index contributed by atoms with van der Waals surface area (Å²) in [5.41, 5.74) is 0.246. The molecule has 1 atom stereocenters. The first-order valence-corrected chi connectivity index (χ1v) is 6.21. The zero-order valence-electron chi connectivity index (χ0n) is 11.0. The molecule has 4 amide bonds. The molecular weight excluding hydrogens is 260 g/mol. The van der Waals surface area contributed by atoms with E-state index in [0.29, 0.717) is 0 Å². The second-order valence-corrected chi connectivity index (χ2v) is 4.53. The number of piperidine rings is 1. The van der Waals surface area contributed by atoms with E-state index in [2.05, 4.69) is 11.9 Å². The van der Waals surface area contributed by atoms with Gasteiger partial charge in [0.2, 0.25) is 11.8 Å². The standard InChI is InChI=1S/C14H14N2O4/c1-3-4-5-9-8(2)13(19)16(14(9)20)10-6-7-11(17)15-12(10)18/h3-5,10H,2,6-7H2,1H3,(H,15,17,18)/b4-3-,9-5+. The maximum absolute atomic E-state index is 12.2. The van der Waals surface area contributed by atoms with E-state index in [0.717, 1.165) is 4.90 Å². The summed E-state index contributed by atoms with van der Waals surface area (Å²) >= 11 is 0. The number of nitrogens with one attached hydrogen (secondary N) is 1. The van der Waals surface area contributed by atoms with Gasteiger partial charge >= 0.3 is 0 Å². The summed E-state index contributed by atoms with van der Waals surface area (Å²) in [5.74, 6) is -2.15. The average Bonchev–Trinajstić information content (AvgIpc) is 2.60. The van der Waals surface area contributed by atoms with Crippen LogP contribution in [0.2, 0.25) is 0 Å². The molecule has 6 heteroatoms. The first kappa shape index (κ1) is 13.9. The van der Waals surface area contributed by atoms with Crippen LogP contribution < -0.4 is 5.32 Å². The number of carbonyl (C=O) groups excluding carboxylic acids is 4. The molecular formula is C14H14N2O4. The number of hydrogen-bond acceptors (Lipinski definition) is 4. The highest BCUT2D eigenvalue weighted by Gasteiger charge is 2.45. The maximum Gasteiger partial charge on any atom is 0.262 e. The van der Waals surface area contributed by atoms with E-state index < -0.39 is 29.7 Å². The van der Waals surface area contributed by atoms with Gasteiger partial charge in [-0.1, -0.05) is 18.7 Å². The van der Waals surface area contributed by atoms with Gasteiger partial charge in [-0.05, 0) is 19.4 Å². The molecule has 2 aliphatic heterocycles. The van der Waals surface area contributed by atoms with E-state index in [4.69, 9.17) is 0 Å². The predicted molar refractivity (Wildman–Crippen MR) is 70.1 cm³/mol. The van der Waals surface area contributed by atoms with Gasteiger partial charge < -0.3 is 0 Å². The lowest BCUT2D eigenvalue weighted by Crippen LogP contribution is -2.54. The van der Waals surface area contributed by atoms with Crippen LogP contribution in [0.25, 0.3) is 0 Å². The lowest BCUT2D eigenvalue weighted by Gasteiger charge is -2.27. The molecule has 6 nitrogen and oxygen atoms in total. The number of hydrogen-bond donors (Lipinski definition) is 1. The summed E-state index contributed by atoms with van der Waals surface area (Å²) in [4.78, 5) is 48.1. The van der Waals surface area contributed by atoms with Crippen molar-refractivity contribution in [3.8, 4) is 0 Å². The molecule has 20 heavy (non-hydrogen) atoms. The van der Waals surface area contributed by atoms with Crippen molar-refractivity contribution in [3.63, 3.8) is 0 Å². The van der Waals surface area contributed by atoms with E-state index in [1.165, 1.54) is 6.08 Å². The highest BCUT2D eigenvalue weighted by molar-refractivity contribution is 6.26. The van der Waals surface area contributed by atoms with E-state index in [1.54, 1.807) is 19.1 Å². The molecule has 0 aromatic carbocycles. The second-order valence-electron chi connectivity index (χ2n) is 4.53. The van der Waals surface area contributed by atoms with E-state index in [9.17, 15) is 19.2 Å². The van der Waals surface area contributed by atoms with Crippen LogP contribution in [0.1, 0.15) is 19.8 Å². The van der Waals surface area contributed by atoms with Crippen molar-refractivity contribution in [2.24, 2.45) is 0 Å². The Kier molecular flexibility index (Phi) is 3.65. The molecule has 2 saturated heterocycles. The fraction of sp³-hybridized carbons (Fsp3) is 0.286. The first-order valence-electron chi connectivity index (χ1n) is 6.21. The summed E-state index contributed by atoms with van der Waals surface area (Å²) in [6.07, 6.45) is 5.08. The molecule has 0 saturated carbocycles. The maximum atomic E-state index is 12.2. The normalized spacial score (nSPS) is 26.1. The fourth-order valence-corrected chi connectivity index (χ4v) is 2.19. The van der Waals surface area contributed by atoms with Gasteiger partial charge in [0.25, 0.3) is 11.8 Å². The smallest absolute Gasteiger partial charge is 0.262 e. The summed E-state index contributed by atoms with van der Waals surface area (Å²) in [5, 5.41) is 2.13.